The topological polar surface area (TPSA) is 28.7 Å². The molecule has 2 heterocycles. The van der Waals surface area contributed by atoms with Crippen LogP contribution in [0.1, 0.15) is 23.6 Å². The normalized spacial score (nSPS) is 26.1. The third kappa shape index (κ3) is 0.756. The van der Waals surface area contributed by atoms with Gasteiger partial charge in [-0.1, -0.05) is 18.2 Å². The van der Waals surface area contributed by atoms with Crippen LogP contribution >= 0.6 is 0 Å². The van der Waals surface area contributed by atoms with Crippen molar-refractivity contribution in [1.29, 1.82) is 5.26 Å². The zero-order valence-electron chi connectivity index (χ0n) is 8.27. The Morgan fingerprint density at radius 1 is 1.33 bits per heavy atom. The largest absolute Gasteiger partial charge is 0.343 e. The number of nitriles is 1. The molecule has 15 heavy (non-hydrogen) atoms. The Labute approximate surface area is 87.7 Å². The van der Waals surface area contributed by atoms with Crippen LogP contribution in [0.3, 0.4) is 0 Å². The third-order valence-corrected chi connectivity index (χ3v) is 3.81. The standard InChI is InChI=1S/C13H10N2/c14-6-11-9-3-1-2-4-12(9)15-7-8-5-10(8)13(11)15/h1-4,8,10H,5,7H2. The Balaban J connectivity index is 2.20. The third-order valence-electron chi connectivity index (χ3n) is 3.81. The molecule has 1 fully saturated rings. The van der Waals surface area contributed by atoms with Gasteiger partial charge in [-0.25, -0.2) is 0 Å². The Morgan fingerprint density at radius 2 is 2.20 bits per heavy atom. The van der Waals surface area contributed by atoms with Crippen molar-refractivity contribution in [2.45, 2.75) is 18.9 Å². The molecule has 1 aromatic heterocycles. The van der Waals surface area contributed by atoms with Crippen LogP contribution in [0.25, 0.3) is 10.9 Å². The molecule has 2 aromatic rings. The second-order valence-corrected chi connectivity index (χ2v) is 4.60. The van der Waals surface area contributed by atoms with E-state index in [4.69, 9.17) is 0 Å². The van der Waals surface area contributed by atoms with E-state index < -0.39 is 0 Å². The van der Waals surface area contributed by atoms with Gasteiger partial charge < -0.3 is 4.57 Å². The molecule has 1 aromatic carbocycles. The highest BCUT2D eigenvalue weighted by Gasteiger charge is 2.48. The Morgan fingerprint density at radius 3 is 3.07 bits per heavy atom. The van der Waals surface area contributed by atoms with Crippen molar-refractivity contribution in [1.82, 2.24) is 4.57 Å². The van der Waals surface area contributed by atoms with Crippen LogP contribution in [0.4, 0.5) is 0 Å². The van der Waals surface area contributed by atoms with Crippen LogP contribution < -0.4 is 0 Å². The summed E-state index contributed by atoms with van der Waals surface area (Å²) in [5.74, 6) is 1.52. The van der Waals surface area contributed by atoms with E-state index in [1.807, 2.05) is 6.07 Å². The van der Waals surface area contributed by atoms with Gasteiger partial charge in [0.2, 0.25) is 0 Å². The lowest BCUT2D eigenvalue weighted by atomic mass is 10.1. The van der Waals surface area contributed by atoms with Crippen molar-refractivity contribution in [3.05, 3.63) is 35.5 Å². The lowest BCUT2D eigenvalue weighted by Gasteiger charge is -2.01. The van der Waals surface area contributed by atoms with Crippen LogP contribution in [0.15, 0.2) is 24.3 Å². The number of benzene rings is 1. The fourth-order valence-corrected chi connectivity index (χ4v) is 3.04. The highest BCUT2D eigenvalue weighted by molar-refractivity contribution is 5.89. The Hall–Kier alpha value is -1.75. The fraction of sp³-hybridized carbons (Fsp3) is 0.308. The quantitative estimate of drug-likeness (QED) is 0.633. The minimum absolute atomic E-state index is 0.687. The summed E-state index contributed by atoms with van der Waals surface area (Å²) in [4.78, 5) is 0. The summed E-state index contributed by atoms with van der Waals surface area (Å²) in [5.41, 5.74) is 3.48. The highest BCUT2D eigenvalue weighted by atomic mass is 15.1. The van der Waals surface area contributed by atoms with E-state index in [9.17, 15) is 5.26 Å². The van der Waals surface area contributed by atoms with E-state index in [2.05, 4.69) is 28.8 Å². The first kappa shape index (κ1) is 7.53. The average Bonchev–Trinajstić information content (AvgIpc) is 2.82. The second-order valence-electron chi connectivity index (χ2n) is 4.60. The number of para-hydroxylation sites is 1. The van der Waals surface area contributed by atoms with Crippen molar-refractivity contribution in [2.24, 2.45) is 5.92 Å². The van der Waals surface area contributed by atoms with Crippen LogP contribution in [0, 0.1) is 17.2 Å². The molecule has 0 N–H and O–H groups in total. The molecule has 0 saturated heterocycles. The van der Waals surface area contributed by atoms with E-state index >= 15 is 0 Å². The number of rotatable bonds is 0. The van der Waals surface area contributed by atoms with Crippen molar-refractivity contribution in [3.63, 3.8) is 0 Å². The summed E-state index contributed by atoms with van der Waals surface area (Å²) in [6, 6.07) is 10.7. The first-order valence-corrected chi connectivity index (χ1v) is 5.41. The van der Waals surface area contributed by atoms with E-state index in [-0.39, 0.29) is 0 Å². The lowest BCUT2D eigenvalue weighted by Crippen LogP contribution is -1.96. The van der Waals surface area contributed by atoms with Crippen LogP contribution in [-0.2, 0) is 6.54 Å². The fourth-order valence-electron chi connectivity index (χ4n) is 3.04. The Bertz CT molecular complexity index is 615. The van der Waals surface area contributed by atoms with Gasteiger partial charge in [0.15, 0.2) is 0 Å². The highest BCUT2D eigenvalue weighted by Crippen LogP contribution is 2.56. The van der Waals surface area contributed by atoms with Gasteiger partial charge in [-0.15, -0.1) is 0 Å². The summed E-state index contributed by atoms with van der Waals surface area (Å²) >= 11 is 0. The van der Waals surface area contributed by atoms with Gasteiger partial charge in [-0.05, 0) is 18.4 Å². The van der Waals surface area contributed by atoms with Crippen LogP contribution in [-0.4, -0.2) is 4.57 Å². The molecule has 2 atom stereocenters. The molecule has 4 rings (SSSR count). The molecule has 0 spiro atoms. The molecule has 1 saturated carbocycles. The monoisotopic (exact) mass is 194 g/mol. The van der Waals surface area contributed by atoms with Gasteiger partial charge in [0, 0.05) is 29.1 Å². The first-order chi connectivity index (χ1) is 7.40. The molecule has 2 unspecified atom stereocenters. The summed E-state index contributed by atoms with van der Waals surface area (Å²) in [7, 11) is 0. The van der Waals surface area contributed by atoms with Gasteiger partial charge >= 0.3 is 0 Å². The van der Waals surface area contributed by atoms with Crippen molar-refractivity contribution in [3.8, 4) is 6.07 Å². The maximum atomic E-state index is 9.26. The van der Waals surface area contributed by atoms with Crippen molar-refractivity contribution < 1.29 is 0 Å². The van der Waals surface area contributed by atoms with Gasteiger partial charge in [-0.3, -0.25) is 0 Å². The molecule has 72 valence electrons. The molecular weight excluding hydrogens is 184 g/mol. The predicted molar refractivity (Wildman–Crippen MR) is 57.5 cm³/mol. The number of hydrogen-bond donors (Lipinski definition) is 0. The Kier molecular flexibility index (Phi) is 1.13. The number of nitrogens with zero attached hydrogens (tertiary/aromatic N) is 2. The zero-order chi connectivity index (χ0) is 9.99. The summed E-state index contributed by atoms with van der Waals surface area (Å²) < 4.78 is 2.35. The van der Waals surface area contributed by atoms with E-state index in [0.717, 1.165) is 23.4 Å². The van der Waals surface area contributed by atoms with Gasteiger partial charge in [0.25, 0.3) is 0 Å². The summed E-state index contributed by atoms with van der Waals surface area (Å²) in [6.45, 7) is 1.13. The minimum Gasteiger partial charge on any atom is -0.343 e. The SMILES string of the molecule is N#Cc1c2n(c3ccccc13)CC1CC21. The number of fused-ring (bicyclic) bond motifs is 5. The summed E-state index contributed by atoms with van der Waals surface area (Å²) in [6.07, 6.45) is 1.30. The first-order valence-electron chi connectivity index (χ1n) is 5.41. The molecule has 1 aliphatic heterocycles. The molecule has 2 aliphatic rings. The van der Waals surface area contributed by atoms with Crippen LogP contribution in [0.2, 0.25) is 0 Å². The lowest BCUT2D eigenvalue weighted by molar-refractivity contribution is 0.690. The minimum atomic E-state index is 0.687. The second kappa shape index (κ2) is 2.25. The van der Waals surface area contributed by atoms with Crippen molar-refractivity contribution >= 4 is 10.9 Å². The summed E-state index contributed by atoms with van der Waals surface area (Å²) in [5, 5.41) is 10.4. The molecule has 0 amide bonds. The molecule has 2 nitrogen and oxygen atoms in total. The zero-order valence-corrected chi connectivity index (χ0v) is 8.27. The van der Waals surface area contributed by atoms with Gasteiger partial charge in [0.05, 0.1) is 5.56 Å². The molecule has 2 heteroatoms. The van der Waals surface area contributed by atoms with E-state index in [1.165, 1.54) is 17.6 Å². The van der Waals surface area contributed by atoms with E-state index in [0.29, 0.717) is 5.92 Å². The predicted octanol–water partition coefficient (Wildman–Crippen LogP) is 2.63. The van der Waals surface area contributed by atoms with Gasteiger partial charge in [0.1, 0.15) is 6.07 Å². The molecule has 1 aliphatic carbocycles. The maximum absolute atomic E-state index is 9.26. The van der Waals surface area contributed by atoms with Gasteiger partial charge in [-0.2, -0.15) is 5.26 Å². The maximum Gasteiger partial charge on any atom is 0.102 e. The average molecular weight is 194 g/mol. The number of aromatic nitrogens is 1. The van der Waals surface area contributed by atoms with Crippen molar-refractivity contribution in [2.75, 3.05) is 0 Å². The molecule has 0 bridgehead atoms. The van der Waals surface area contributed by atoms with Crippen LogP contribution in [0.5, 0.6) is 0 Å². The number of hydrogen-bond acceptors (Lipinski definition) is 1. The van der Waals surface area contributed by atoms with E-state index in [1.54, 1.807) is 0 Å². The molecular formula is C13H10N2. The molecule has 0 radical (unpaired) electrons. The smallest absolute Gasteiger partial charge is 0.102 e.